The molecule has 0 saturated carbocycles. The van der Waals surface area contributed by atoms with Gasteiger partial charge in [-0.25, -0.2) is 0 Å². The number of aromatic nitrogens is 3. The van der Waals surface area contributed by atoms with Gasteiger partial charge in [0.15, 0.2) is 0 Å². The summed E-state index contributed by atoms with van der Waals surface area (Å²) in [7, 11) is 0. The lowest BCUT2D eigenvalue weighted by atomic mass is 10.2. The van der Waals surface area contributed by atoms with Gasteiger partial charge in [0.2, 0.25) is 0 Å². The number of H-pyrrole nitrogens is 1. The average molecular weight is 263 g/mol. The molecule has 4 nitrogen and oxygen atoms in total. The van der Waals surface area contributed by atoms with Crippen molar-refractivity contribution < 1.29 is 4.74 Å². The summed E-state index contributed by atoms with van der Waals surface area (Å²) in [6.45, 7) is 3.71. The van der Waals surface area contributed by atoms with Gasteiger partial charge in [0.1, 0.15) is 11.5 Å². The van der Waals surface area contributed by atoms with Gasteiger partial charge in [-0.3, -0.25) is 10.1 Å². The van der Waals surface area contributed by atoms with Gasteiger partial charge in [0.05, 0.1) is 17.0 Å². The fourth-order valence-electron chi connectivity index (χ4n) is 1.86. The van der Waals surface area contributed by atoms with Gasteiger partial charge < -0.3 is 4.74 Å². The van der Waals surface area contributed by atoms with Crippen LogP contribution in [0.4, 0.5) is 0 Å². The van der Waals surface area contributed by atoms with E-state index in [1.807, 2.05) is 42.5 Å². The van der Waals surface area contributed by atoms with E-state index in [9.17, 15) is 0 Å². The molecule has 2 heterocycles. The number of nitrogens with zero attached hydrogens (tertiary/aromatic N) is 2. The number of hydrogen-bond acceptors (Lipinski definition) is 3. The van der Waals surface area contributed by atoms with Crippen molar-refractivity contribution in [1.82, 2.24) is 15.2 Å². The molecule has 0 aliphatic heterocycles. The van der Waals surface area contributed by atoms with Gasteiger partial charge in [0.25, 0.3) is 0 Å². The maximum absolute atomic E-state index is 5.89. The monoisotopic (exact) mass is 263 g/mol. The van der Waals surface area contributed by atoms with Crippen LogP contribution in [0.5, 0.6) is 11.5 Å². The standard InChI is InChI=1S/C16H13N3O/c1-2-12-10-15(19-18-12)14-11-17-9-8-16(14)20-13-6-4-3-5-7-13/h2-11H,1H2,(H,18,19). The molecular weight excluding hydrogens is 250 g/mol. The molecule has 4 heteroatoms. The summed E-state index contributed by atoms with van der Waals surface area (Å²) >= 11 is 0. The highest BCUT2D eigenvalue weighted by Crippen LogP contribution is 2.31. The Morgan fingerprint density at radius 2 is 2.00 bits per heavy atom. The van der Waals surface area contributed by atoms with Crippen LogP contribution in [0.1, 0.15) is 5.69 Å². The average Bonchev–Trinajstić information content (AvgIpc) is 2.98. The van der Waals surface area contributed by atoms with Crippen LogP contribution in [0.15, 0.2) is 61.4 Å². The van der Waals surface area contributed by atoms with E-state index in [1.165, 1.54) is 0 Å². The van der Waals surface area contributed by atoms with Crippen molar-refractivity contribution in [3.05, 3.63) is 67.1 Å². The van der Waals surface area contributed by atoms with Crippen molar-refractivity contribution in [2.45, 2.75) is 0 Å². The Labute approximate surface area is 116 Å². The van der Waals surface area contributed by atoms with Crippen molar-refractivity contribution >= 4 is 6.08 Å². The molecule has 1 N–H and O–H groups in total. The molecule has 2 aromatic heterocycles. The highest BCUT2D eigenvalue weighted by Gasteiger charge is 2.10. The Balaban J connectivity index is 1.98. The highest BCUT2D eigenvalue weighted by atomic mass is 16.5. The summed E-state index contributed by atoms with van der Waals surface area (Å²) in [5.41, 5.74) is 2.47. The quantitative estimate of drug-likeness (QED) is 0.776. The summed E-state index contributed by atoms with van der Waals surface area (Å²) in [6, 6.07) is 13.4. The Bertz CT molecular complexity index is 719. The highest BCUT2D eigenvalue weighted by molar-refractivity contribution is 5.68. The minimum absolute atomic E-state index is 0.716. The molecule has 0 atom stereocenters. The van der Waals surface area contributed by atoms with Crippen LogP contribution in [-0.2, 0) is 0 Å². The summed E-state index contributed by atoms with van der Waals surface area (Å²) in [6.07, 6.45) is 5.15. The lowest BCUT2D eigenvalue weighted by molar-refractivity contribution is 0.483. The van der Waals surface area contributed by atoms with E-state index in [0.29, 0.717) is 5.75 Å². The summed E-state index contributed by atoms with van der Waals surface area (Å²) in [5.74, 6) is 1.49. The van der Waals surface area contributed by atoms with Crippen molar-refractivity contribution in [1.29, 1.82) is 0 Å². The predicted octanol–water partition coefficient (Wildman–Crippen LogP) is 3.91. The molecule has 0 saturated heterocycles. The van der Waals surface area contributed by atoms with Crippen LogP contribution < -0.4 is 4.74 Å². The van der Waals surface area contributed by atoms with Gasteiger partial charge in [-0.1, -0.05) is 24.8 Å². The lowest BCUT2D eigenvalue weighted by Gasteiger charge is -2.08. The van der Waals surface area contributed by atoms with Crippen LogP contribution in [0.25, 0.3) is 17.3 Å². The van der Waals surface area contributed by atoms with Crippen LogP contribution in [0, 0.1) is 0 Å². The molecule has 0 aliphatic rings. The van der Waals surface area contributed by atoms with Crippen LogP contribution in [0.3, 0.4) is 0 Å². The minimum atomic E-state index is 0.716. The molecule has 20 heavy (non-hydrogen) atoms. The molecule has 3 rings (SSSR count). The molecule has 0 unspecified atom stereocenters. The number of nitrogens with one attached hydrogen (secondary N) is 1. The Hall–Kier alpha value is -2.88. The molecule has 0 spiro atoms. The first-order chi connectivity index (χ1) is 9.86. The smallest absolute Gasteiger partial charge is 0.139 e. The predicted molar refractivity (Wildman–Crippen MR) is 78.4 cm³/mol. The first-order valence-electron chi connectivity index (χ1n) is 6.22. The third-order valence-electron chi connectivity index (χ3n) is 2.85. The van der Waals surface area contributed by atoms with Crippen LogP contribution >= 0.6 is 0 Å². The largest absolute Gasteiger partial charge is 0.457 e. The van der Waals surface area contributed by atoms with Crippen molar-refractivity contribution in [3.8, 4) is 22.8 Å². The number of benzene rings is 1. The Morgan fingerprint density at radius 3 is 2.75 bits per heavy atom. The van der Waals surface area contributed by atoms with Crippen LogP contribution in [0.2, 0.25) is 0 Å². The summed E-state index contributed by atoms with van der Waals surface area (Å²) in [4.78, 5) is 4.14. The lowest BCUT2D eigenvalue weighted by Crippen LogP contribution is -1.89. The van der Waals surface area contributed by atoms with E-state index < -0.39 is 0 Å². The SMILES string of the molecule is C=Cc1cc(-c2cnccc2Oc2ccccc2)n[nH]1. The second kappa shape index (κ2) is 5.40. The minimum Gasteiger partial charge on any atom is -0.457 e. The number of aromatic amines is 1. The third-order valence-corrected chi connectivity index (χ3v) is 2.85. The van der Waals surface area contributed by atoms with Crippen LogP contribution in [-0.4, -0.2) is 15.2 Å². The molecule has 0 amide bonds. The first-order valence-corrected chi connectivity index (χ1v) is 6.22. The second-order valence-electron chi connectivity index (χ2n) is 4.20. The number of hydrogen-bond donors (Lipinski definition) is 1. The topological polar surface area (TPSA) is 50.8 Å². The molecule has 1 aromatic carbocycles. The van der Waals surface area contributed by atoms with Crippen molar-refractivity contribution in [2.75, 3.05) is 0 Å². The Kier molecular flexibility index (Phi) is 3.29. The maximum Gasteiger partial charge on any atom is 0.139 e. The van der Waals surface area contributed by atoms with E-state index in [4.69, 9.17) is 4.74 Å². The summed E-state index contributed by atoms with van der Waals surface area (Å²) < 4.78 is 5.89. The first kappa shape index (κ1) is 12.2. The zero-order valence-corrected chi connectivity index (χ0v) is 10.8. The van der Waals surface area contributed by atoms with E-state index in [1.54, 1.807) is 18.5 Å². The zero-order valence-electron chi connectivity index (χ0n) is 10.8. The van der Waals surface area contributed by atoms with Crippen molar-refractivity contribution in [3.63, 3.8) is 0 Å². The zero-order chi connectivity index (χ0) is 13.8. The van der Waals surface area contributed by atoms with Gasteiger partial charge in [0, 0.05) is 12.4 Å². The molecular formula is C16H13N3O. The number of pyridine rings is 1. The molecule has 0 bridgehead atoms. The van der Waals surface area contributed by atoms with E-state index in [-0.39, 0.29) is 0 Å². The molecule has 0 fully saturated rings. The second-order valence-corrected chi connectivity index (χ2v) is 4.20. The number of rotatable bonds is 4. The molecule has 0 aliphatic carbocycles. The fourth-order valence-corrected chi connectivity index (χ4v) is 1.86. The van der Waals surface area contributed by atoms with Gasteiger partial charge >= 0.3 is 0 Å². The molecule has 0 radical (unpaired) electrons. The van der Waals surface area contributed by atoms with Gasteiger partial charge in [-0.2, -0.15) is 5.10 Å². The third kappa shape index (κ3) is 2.44. The molecule has 3 aromatic rings. The van der Waals surface area contributed by atoms with E-state index in [2.05, 4.69) is 21.8 Å². The molecule has 98 valence electrons. The van der Waals surface area contributed by atoms with Gasteiger partial charge in [-0.15, -0.1) is 0 Å². The fraction of sp³-hybridized carbons (Fsp3) is 0. The summed E-state index contributed by atoms with van der Waals surface area (Å²) in [5, 5.41) is 7.14. The Morgan fingerprint density at radius 1 is 1.15 bits per heavy atom. The van der Waals surface area contributed by atoms with E-state index in [0.717, 1.165) is 22.7 Å². The number of para-hydroxylation sites is 1. The van der Waals surface area contributed by atoms with E-state index >= 15 is 0 Å². The van der Waals surface area contributed by atoms with Crippen molar-refractivity contribution in [2.24, 2.45) is 0 Å². The normalized spacial score (nSPS) is 10.2. The maximum atomic E-state index is 5.89. The van der Waals surface area contributed by atoms with Gasteiger partial charge in [-0.05, 0) is 30.3 Å². The number of ether oxygens (including phenoxy) is 1.